The molecule has 1 unspecified atom stereocenters. The van der Waals surface area contributed by atoms with Gasteiger partial charge in [-0.15, -0.1) is 0 Å². The number of rotatable bonds is 6. The minimum Gasteiger partial charge on any atom is -0.494 e. The van der Waals surface area contributed by atoms with E-state index in [1.165, 1.54) is 45.5 Å². The number of nitrogens with zero attached hydrogens (tertiary/aromatic N) is 1. The third-order valence-corrected chi connectivity index (χ3v) is 4.52. The van der Waals surface area contributed by atoms with Crippen LogP contribution in [0.3, 0.4) is 0 Å². The summed E-state index contributed by atoms with van der Waals surface area (Å²) < 4.78 is 18.4. The number of halogens is 1. The second-order valence-electron chi connectivity index (χ2n) is 6.11. The van der Waals surface area contributed by atoms with E-state index >= 15 is 0 Å². The Morgan fingerprint density at radius 2 is 2.10 bits per heavy atom. The summed E-state index contributed by atoms with van der Waals surface area (Å²) in [4.78, 5) is 2.40. The fourth-order valence-electron chi connectivity index (χ4n) is 2.92. The SMILES string of the molecule is COc1cc(C(C)NCCC2CCN(C)CC2)ccc1F. The van der Waals surface area contributed by atoms with E-state index in [4.69, 9.17) is 4.74 Å². The van der Waals surface area contributed by atoms with Gasteiger partial charge in [-0.1, -0.05) is 6.07 Å². The Morgan fingerprint density at radius 3 is 2.76 bits per heavy atom. The summed E-state index contributed by atoms with van der Waals surface area (Å²) in [5.74, 6) is 0.847. The van der Waals surface area contributed by atoms with Gasteiger partial charge in [-0.25, -0.2) is 4.39 Å². The number of ether oxygens (including phenoxy) is 1. The molecule has 0 aromatic heterocycles. The number of likely N-dealkylation sites (tertiary alicyclic amines) is 1. The molecule has 21 heavy (non-hydrogen) atoms. The number of hydrogen-bond acceptors (Lipinski definition) is 3. The predicted octanol–water partition coefficient (Wildman–Crippen LogP) is 3.22. The average molecular weight is 294 g/mol. The molecule has 1 fully saturated rings. The summed E-state index contributed by atoms with van der Waals surface area (Å²) in [6.45, 7) is 5.56. The van der Waals surface area contributed by atoms with Crippen LogP contribution in [0.1, 0.15) is 37.8 Å². The molecule has 118 valence electrons. The Balaban J connectivity index is 1.78. The van der Waals surface area contributed by atoms with Crippen LogP contribution in [-0.2, 0) is 0 Å². The van der Waals surface area contributed by atoms with E-state index in [1.54, 1.807) is 6.07 Å². The summed E-state index contributed by atoms with van der Waals surface area (Å²) in [7, 11) is 3.69. The van der Waals surface area contributed by atoms with Gasteiger partial charge in [0.2, 0.25) is 0 Å². The fourth-order valence-corrected chi connectivity index (χ4v) is 2.92. The largest absolute Gasteiger partial charge is 0.494 e. The van der Waals surface area contributed by atoms with Gasteiger partial charge in [0.1, 0.15) is 0 Å². The molecule has 0 aliphatic carbocycles. The first-order valence-electron chi connectivity index (χ1n) is 7.85. The average Bonchev–Trinajstić information content (AvgIpc) is 2.49. The molecule has 1 atom stereocenters. The maximum absolute atomic E-state index is 13.4. The normalized spacial score (nSPS) is 18.7. The van der Waals surface area contributed by atoms with E-state index in [1.807, 2.05) is 6.07 Å². The monoisotopic (exact) mass is 294 g/mol. The summed E-state index contributed by atoms with van der Waals surface area (Å²) in [6, 6.07) is 5.29. The highest BCUT2D eigenvalue weighted by molar-refractivity contribution is 5.31. The van der Waals surface area contributed by atoms with Crippen molar-refractivity contribution in [1.82, 2.24) is 10.2 Å². The van der Waals surface area contributed by atoms with E-state index in [2.05, 4.69) is 24.2 Å². The molecule has 1 aromatic rings. The van der Waals surface area contributed by atoms with Gasteiger partial charge >= 0.3 is 0 Å². The van der Waals surface area contributed by atoms with Gasteiger partial charge in [0, 0.05) is 6.04 Å². The second-order valence-corrected chi connectivity index (χ2v) is 6.11. The molecule has 1 saturated heterocycles. The number of benzene rings is 1. The van der Waals surface area contributed by atoms with Crippen molar-refractivity contribution < 1.29 is 9.13 Å². The molecule has 1 heterocycles. The first-order chi connectivity index (χ1) is 10.1. The van der Waals surface area contributed by atoms with Gasteiger partial charge in [0.15, 0.2) is 11.6 Å². The molecule has 4 heteroatoms. The van der Waals surface area contributed by atoms with Crippen molar-refractivity contribution in [2.24, 2.45) is 5.92 Å². The Labute approximate surface area is 127 Å². The molecule has 1 N–H and O–H groups in total. The standard InChI is InChI=1S/C17H27FN2O/c1-13(15-4-5-16(18)17(12-15)21-3)19-9-6-14-7-10-20(2)11-8-14/h4-5,12-14,19H,6-11H2,1-3H3. The summed E-state index contributed by atoms with van der Waals surface area (Å²) in [6.07, 6.45) is 3.82. The van der Waals surface area contributed by atoms with Crippen LogP contribution in [0.4, 0.5) is 4.39 Å². The molecule has 1 aromatic carbocycles. The Hall–Kier alpha value is -1.13. The van der Waals surface area contributed by atoms with Crippen LogP contribution in [0.5, 0.6) is 5.75 Å². The molecule has 0 radical (unpaired) electrons. The predicted molar refractivity (Wildman–Crippen MR) is 84.2 cm³/mol. The van der Waals surface area contributed by atoms with Crippen LogP contribution >= 0.6 is 0 Å². The lowest BCUT2D eigenvalue weighted by molar-refractivity contribution is 0.211. The number of nitrogens with one attached hydrogen (secondary N) is 1. The van der Waals surface area contributed by atoms with Gasteiger partial charge in [-0.3, -0.25) is 0 Å². The van der Waals surface area contributed by atoms with Crippen molar-refractivity contribution in [3.8, 4) is 5.75 Å². The number of methoxy groups -OCH3 is 1. The zero-order chi connectivity index (χ0) is 15.2. The smallest absolute Gasteiger partial charge is 0.165 e. The Morgan fingerprint density at radius 1 is 1.38 bits per heavy atom. The fraction of sp³-hybridized carbons (Fsp3) is 0.647. The molecule has 0 amide bonds. The van der Waals surface area contributed by atoms with E-state index in [9.17, 15) is 4.39 Å². The molecule has 1 aliphatic heterocycles. The molecular weight excluding hydrogens is 267 g/mol. The summed E-state index contributed by atoms with van der Waals surface area (Å²) in [5, 5.41) is 3.54. The number of hydrogen-bond donors (Lipinski definition) is 1. The van der Waals surface area contributed by atoms with E-state index < -0.39 is 0 Å². The first-order valence-corrected chi connectivity index (χ1v) is 7.85. The van der Waals surface area contributed by atoms with Gasteiger partial charge in [0.05, 0.1) is 7.11 Å². The van der Waals surface area contributed by atoms with Crippen LogP contribution in [0.25, 0.3) is 0 Å². The lowest BCUT2D eigenvalue weighted by Gasteiger charge is -2.29. The zero-order valence-corrected chi connectivity index (χ0v) is 13.4. The third-order valence-electron chi connectivity index (χ3n) is 4.52. The summed E-state index contributed by atoms with van der Waals surface area (Å²) >= 11 is 0. The first kappa shape index (κ1) is 16.2. The van der Waals surface area contributed by atoms with E-state index in [0.29, 0.717) is 5.75 Å². The maximum Gasteiger partial charge on any atom is 0.165 e. The highest BCUT2D eigenvalue weighted by Crippen LogP contribution is 2.23. The lowest BCUT2D eigenvalue weighted by atomic mass is 9.93. The molecule has 1 aliphatic rings. The minimum atomic E-state index is -0.306. The van der Waals surface area contributed by atoms with Crippen LogP contribution in [0, 0.1) is 11.7 Å². The van der Waals surface area contributed by atoms with Crippen molar-refractivity contribution in [1.29, 1.82) is 0 Å². The van der Waals surface area contributed by atoms with E-state index in [0.717, 1.165) is 18.0 Å². The number of piperidine rings is 1. The topological polar surface area (TPSA) is 24.5 Å². The minimum absolute atomic E-state index is 0.214. The molecule has 0 saturated carbocycles. The van der Waals surface area contributed by atoms with Crippen molar-refractivity contribution in [2.75, 3.05) is 33.8 Å². The van der Waals surface area contributed by atoms with Gasteiger partial charge in [0.25, 0.3) is 0 Å². The van der Waals surface area contributed by atoms with Gasteiger partial charge in [-0.2, -0.15) is 0 Å². The highest BCUT2D eigenvalue weighted by Gasteiger charge is 2.16. The van der Waals surface area contributed by atoms with Crippen LogP contribution in [0.2, 0.25) is 0 Å². The van der Waals surface area contributed by atoms with Crippen LogP contribution in [0.15, 0.2) is 18.2 Å². The Bertz CT molecular complexity index is 444. The molecule has 0 bridgehead atoms. The molecule has 0 spiro atoms. The lowest BCUT2D eigenvalue weighted by Crippen LogP contribution is -2.32. The molecule has 2 rings (SSSR count). The Kier molecular flexibility index (Phi) is 6.00. The zero-order valence-electron chi connectivity index (χ0n) is 13.4. The highest BCUT2D eigenvalue weighted by atomic mass is 19.1. The third kappa shape index (κ3) is 4.68. The van der Waals surface area contributed by atoms with Crippen molar-refractivity contribution in [3.05, 3.63) is 29.6 Å². The van der Waals surface area contributed by atoms with Crippen molar-refractivity contribution >= 4 is 0 Å². The van der Waals surface area contributed by atoms with Crippen LogP contribution in [-0.4, -0.2) is 38.7 Å². The van der Waals surface area contributed by atoms with E-state index in [-0.39, 0.29) is 11.9 Å². The van der Waals surface area contributed by atoms with Crippen molar-refractivity contribution in [3.63, 3.8) is 0 Å². The van der Waals surface area contributed by atoms with Gasteiger partial charge in [-0.05, 0) is 76.5 Å². The maximum atomic E-state index is 13.4. The quantitative estimate of drug-likeness (QED) is 0.872. The van der Waals surface area contributed by atoms with Gasteiger partial charge < -0.3 is 15.0 Å². The van der Waals surface area contributed by atoms with Crippen LogP contribution < -0.4 is 10.1 Å². The van der Waals surface area contributed by atoms with Crippen molar-refractivity contribution in [2.45, 2.75) is 32.2 Å². The molecule has 3 nitrogen and oxygen atoms in total. The summed E-state index contributed by atoms with van der Waals surface area (Å²) in [5.41, 5.74) is 1.07. The second kappa shape index (κ2) is 7.76. The molecular formula is C17H27FN2O.